The fraction of sp³-hybridized carbons (Fsp3) is 1.00. The highest BCUT2D eigenvalue weighted by molar-refractivity contribution is 4.84. The Bertz CT molecular complexity index is 263. The van der Waals surface area contributed by atoms with E-state index < -0.39 is 0 Å². The zero-order valence-corrected chi connectivity index (χ0v) is 13.0. The van der Waals surface area contributed by atoms with E-state index in [1.165, 1.54) is 45.2 Å². The molecule has 1 heterocycles. The Labute approximate surface area is 119 Å². The minimum Gasteiger partial charge on any atom is -0.393 e. The lowest BCUT2D eigenvalue weighted by Crippen LogP contribution is -2.46. The molecule has 0 aromatic heterocycles. The van der Waals surface area contributed by atoms with Crippen LogP contribution in [0.25, 0.3) is 0 Å². The minimum absolute atomic E-state index is 0.0588. The largest absolute Gasteiger partial charge is 0.393 e. The van der Waals surface area contributed by atoms with E-state index in [-0.39, 0.29) is 6.10 Å². The molecule has 1 N–H and O–H groups in total. The van der Waals surface area contributed by atoms with Crippen molar-refractivity contribution in [1.29, 1.82) is 0 Å². The smallest absolute Gasteiger partial charge is 0.0580 e. The van der Waals surface area contributed by atoms with E-state index in [2.05, 4.69) is 30.8 Å². The Morgan fingerprint density at radius 3 is 2.47 bits per heavy atom. The van der Waals surface area contributed by atoms with Gasteiger partial charge in [-0.1, -0.05) is 13.3 Å². The summed E-state index contributed by atoms with van der Waals surface area (Å²) in [5, 5.41) is 10.2. The van der Waals surface area contributed by atoms with E-state index in [9.17, 15) is 5.11 Å². The van der Waals surface area contributed by atoms with E-state index in [0.29, 0.717) is 5.92 Å². The molecule has 0 spiro atoms. The number of rotatable bonds is 4. The van der Waals surface area contributed by atoms with Crippen molar-refractivity contribution in [3.63, 3.8) is 0 Å². The van der Waals surface area contributed by atoms with Crippen molar-refractivity contribution in [1.82, 2.24) is 9.80 Å². The van der Waals surface area contributed by atoms with Crippen molar-refractivity contribution in [2.75, 3.05) is 33.7 Å². The SMILES string of the molecule is CCC1CCC(O)C(CN(C)C2CCN(C)CC2)C1. The first-order chi connectivity index (χ1) is 9.10. The van der Waals surface area contributed by atoms with Gasteiger partial charge in [0.15, 0.2) is 0 Å². The van der Waals surface area contributed by atoms with E-state index in [1.807, 2.05) is 0 Å². The van der Waals surface area contributed by atoms with Gasteiger partial charge in [-0.3, -0.25) is 0 Å². The molecule has 19 heavy (non-hydrogen) atoms. The van der Waals surface area contributed by atoms with Crippen molar-refractivity contribution >= 4 is 0 Å². The Balaban J connectivity index is 1.81. The van der Waals surface area contributed by atoms with Crippen LogP contribution in [0, 0.1) is 11.8 Å². The van der Waals surface area contributed by atoms with Crippen LogP contribution in [0.3, 0.4) is 0 Å². The molecule has 1 aliphatic heterocycles. The summed E-state index contributed by atoms with van der Waals surface area (Å²) in [5.41, 5.74) is 0. The van der Waals surface area contributed by atoms with E-state index in [0.717, 1.165) is 24.9 Å². The van der Waals surface area contributed by atoms with Crippen molar-refractivity contribution < 1.29 is 5.11 Å². The van der Waals surface area contributed by atoms with Crippen LogP contribution in [0.1, 0.15) is 45.4 Å². The Morgan fingerprint density at radius 1 is 1.16 bits per heavy atom. The highest BCUT2D eigenvalue weighted by Crippen LogP contribution is 2.32. The van der Waals surface area contributed by atoms with Gasteiger partial charge < -0.3 is 14.9 Å². The second-order valence-corrected chi connectivity index (χ2v) is 6.89. The van der Waals surface area contributed by atoms with Crippen molar-refractivity contribution in [3.05, 3.63) is 0 Å². The first-order valence-corrected chi connectivity index (χ1v) is 8.17. The van der Waals surface area contributed by atoms with Crippen molar-refractivity contribution in [2.24, 2.45) is 11.8 Å². The standard InChI is InChI=1S/C16H32N2O/c1-4-13-5-6-16(19)14(11-13)12-18(3)15-7-9-17(2)10-8-15/h13-16,19H,4-12H2,1-3H3. The van der Waals surface area contributed by atoms with Crippen LogP contribution in [0.15, 0.2) is 0 Å². The van der Waals surface area contributed by atoms with Gasteiger partial charge in [0.1, 0.15) is 0 Å². The molecule has 3 unspecified atom stereocenters. The number of piperidine rings is 1. The normalized spacial score (nSPS) is 34.9. The summed E-state index contributed by atoms with van der Waals surface area (Å²) in [6, 6.07) is 0.727. The summed E-state index contributed by atoms with van der Waals surface area (Å²) in [6.45, 7) is 5.83. The molecule has 0 bridgehead atoms. The number of nitrogens with zero attached hydrogens (tertiary/aromatic N) is 2. The molecule has 0 amide bonds. The number of hydrogen-bond acceptors (Lipinski definition) is 3. The molecule has 1 saturated carbocycles. The van der Waals surface area contributed by atoms with Crippen molar-refractivity contribution in [2.45, 2.75) is 57.6 Å². The molecular weight excluding hydrogens is 236 g/mol. The molecule has 3 atom stereocenters. The number of hydrogen-bond donors (Lipinski definition) is 1. The lowest BCUT2D eigenvalue weighted by molar-refractivity contribution is 0.0181. The van der Waals surface area contributed by atoms with Crippen molar-refractivity contribution in [3.8, 4) is 0 Å². The average Bonchev–Trinajstić information content (AvgIpc) is 2.42. The van der Waals surface area contributed by atoms with E-state index in [4.69, 9.17) is 0 Å². The maximum atomic E-state index is 10.2. The van der Waals surface area contributed by atoms with Crippen LogP contribution in [-0.2, 0) is 0 Å². The maximum absolute atomic E-state index is 10.2. The topological polar surface area (TPSA) is 26.7 Å². The van der Waals surface area contributed by atoms with Gasteiger partial charge in [0.25, 0.3) is 0 Å². The molecule has 1 saturated heterocycles. The minimum atomic E-state index is -0.0588. The summed E-state index contributed by atoms with van der Waals surface area (Å²) >= 11 is 0. The van der Waals surface area contributed by atoms with Crippen LogP contribution in [-0.4, -0.2) is 60.8 Å². The maximum Gasteiger partial charge on any atom is 0.0580 e. The van der Waals surface area contributed by atoms with Gasteiger partial charge >= 0.3 is 0 Å². The first kappa shape index (κ1) is 15.3. The molecule has 0 radical (unpaired) electrons. The lowest BCUT2D eigenvalue weighted by atomic mass is 9.78. The average molecular weight is 268 g/mol. The van der Waals surface area contributed by atoms with E-state index >= 15 is 0 Å². The van der Waals surface area contributed by atoms with Gasteiger partial charge in [0, 0.05) is 12.6 Å². The lowest BCUT2D eigenvalue weighted by Gasteiger charge is -2.40. The molecule has 112 valence electrons. The van der Waals surface area contributed by atoms with E-state index in [1.54, 1.807) is 0 Å². The summed E-state index contributed by atoms with van der Waals surface area (Å²) in [7, 11) is 4.48. The summed E-state index contributed by atoms with van der Waals surface area (Å²) in [6.07, 6.45) is 7.27. The van der Waals surface area contributed by atoms with Gasteiger partial charge in [-0.05, 0) is 71.1 Å². The fourth-order valence-corrected chi connectivity index (χ4v) is 3.87. The van der Waals surface area contributed by atoms with Crippen LogP contribution < -0.4 is 0 Å². The third kappa shape index (κ3) is 4.17. The molecule has 0 aromatic carbocycles. The quantitative estimate of drug-likeness (QED) is 0.847. The fourth-order valence-electron chi connectivity index (χ4n) is 3.87. The van der Waals surface area contributed by atoms with Crippen LogP contribution in [0.2, 0.25) is 0 Å². The second kappa shape index (κ2) is 7.05. The highest BCUT2D eigenvalue weighted by atomic mass is 16.3. The molecule has 2 fully saturated rings. The Hall–Kier alpha value is -0.120. The number of aliphatic hydroxyl groups excluding tert-OH is 1. The predicted molar refractivity (Wildman–Crippen MR) is 80.3 cm³/mol. The van der Waals surface area contributed by atoms with Crippen LogP contribution >= 0.6 is 0 Å². The third-order valence-electron chi connectivity index (χ3n) is 5.46. The molecule has 2 aliphatic rings. The van der Waals surface area contributed by atoms with Gasteiger partial charge in [-0.25, -0.2) is 0 Å². The Kier molecular flexibility index (Phi) is 5.67. The summed E-state index contributed by atoms with van der Waals surface area (Å²) in [4.78, 5) is 4.95. The van der Waals surface area contributed by atoms with Gasteiger partial charge in [-0.15, -0.1) is 0 Å². The predicted octanol–water partition coefficient (Wildman–Crippen LogP) is 2.20. The summed E-state index contributed by atoms with van der Waals surface area (Å²) in [5.74, 6) is 1.35. The number of likely N-dealkylation sites (tertiary alicyclic amines) is 1. The van der Waals surface area contributed by atoms with Crippen LogP contribution in [0.4, 0.5) is 0 Å². The first-order valence-electron chi connectivity index (χ1n) is 8.17. The molecule has 0 aromatic rings. The molecule has 2 rings (SSSR count). The van der Waals surface area contributed by atoms with Gasteiger partial charge in [0.05, 0.1) is 6.10 Å². The third-order valence-corrected chi connectivity index (χ3v) is 5.46. The monoisotopic (exact) mass is 268 g/mol. The zero-order chi connectivity index (χ0) is 13.8. The van der Waals surface area contributed by atoms with Crippen LogP contribution in [0.5, 0.6) is 0 Å². The highest BCUT2D eigenvalue weighted by Gasteiger charge is 2.31. The second-order valence-electron chi connectivity index (χ2n) is 6.89. The Morgan fingerprint density at radius 2 is 1.84 bits per heavy atom. The summed E-state index contributed by atoms with van der Waals surface area (Å²) < 4.78 is 0. The molecular formula is C16H32N2O. The zero-order valence-electron chi connectivity index (χ0n) is 13.0. The number of aliphatic hydroxyl groups is 1. The van der Waals surface area contributed by atoms with Gasteiger partial charge in [0.2, 0.25) is 0 Å². The molecule has 1 aliphatic carbocycles. The van der Waals surface area contributed by atoms with Gasteiger partial charge in [-0.2, -0.15) is 0 Å². The molecule has 3 nitrogen and oxygen atoms in total. The molecule has 3 heteroatoms.